The molecule has 0 aliphatic rings. The SMILES string of the molecule is CCCC=CCN=C=O. The summed E-state index contributed by atoms with van der Waals surface area (Å²) in [5.74, 6) is 0. The molecule has 0 aliphatic carbocycles. The molecule has 0 amide bonds. The first kappa shape index (κ1) is 8.12. The van der Waals surface area contributed by atoms with E-state index < -0.39 is 0 Å². The van der Waals surface area contributed by atoms with Crippen molar-refractivity contribution in [2.45, 2.75) is 19.8 Å². The summed E-state index contributed by atoms with van der Waals surface area (Å²) >= 11 is 0. The fourth-order valence-electron chi connectivity index (χ4n) is 0.449. The van der Waals surface area contributed by atoms with Gasteiger partial charge in [-0.3, -0.25) is 0 Å². The zero-order valence-electron chi connectivity index (χ0n) is 5.63. The Morgan fingerprint density at radius 2 is 2.33 bits per heavy atom. The molecule has 0 N–H and O–H groups in total. The predicted molar refractivity (Wildman–Crippen MR) is 37.0 cm³/mol. The van der Waals surface area contributed by atoms with Crippen LogP contribution in [0.2, 0.25) is 0 Å². The average Bonchev–Trinajstić information content (AvgIpc) is 1.89. The van der Waals surface area contributed by atoms with Crippen molar-refractivity contribution in [3.8, 4) is 0 Å². The van der Waals surface area contributed by atoms with Gasteiger partial charge in [0.25, 0.3) is 0 Å². The Morgan fingerprint density at radius 1 is 1.56 bits per heavy atom. The van der Waals surface area contributed by atoms with E-state index >= 15 is 0 Å². The summed E-state index contributed by atoms with van der Waals surface area (Å²) in [4.78, 5) is 12.9. The monoisotopic (exact) mass is 125 g/mol. The maximum atomic E-state index is 9.51. The molecule has 0 spiro atoms. The Morgan fingerprint density at radius 3 is 2.89 bits per heavy atom. The summed E-state index contributed by atoms with van der Waals surface area (Å²) in [5.41, 5.74) is 0. The van der Waals surface area contributed by atoms with Crippen molar-refractivity contribution >= 4 is 6.08 Å². The minimum absolute atomic E-state index is 0.476. The molecule has 0 heterocycles. The van der Waals surface area contributed by atoms with E-state index in [0.717, 1.165) is 12.8 Å². The smallest absolute Gasteiger partial charge is 0.211 e. The van der Waals surface area contributed by atoms with E-state index in [1.807, 2.05) is 12.2 Å². The number of isocyanates is 1. The summed E-state index contributed by atoms with van der Waals surface area (Å²) in [6.07, 6.45) is 7.56. The van der Waals surface area contributed by atoms with Crippen LogP contribution in [0.5, 0.6) is 0 Å². The van der Waals surface area contributed by atoms with Gasteiger partial charge in [-0.15, -0.1) is 0 Å². The summed E-state index contributed by atoms with van der Waals surface area (Å²) < 4.78 is 0. The van der Waals surface area contributed by atoms with Crippen molar-refractivity contribution in [1.29, 1.82) is 0 Å². The standard InChI is InChI=1S/C7H11NO/c1-2-3-4-5-6-8-7-9/h4-5H,2-3,6H2,1H3. The van der Waals surface area contributed by atoms with Gasteiger partial charge in [-0.05, 0) is 6.42 Å². The normalized spacial score (nSPS) is 9.44. The highest BCUT2D eigenvalue weighted by Gasteiger charge is 1.71. The van der Waals surface area contributed by atoms with Crippen molar-refractivity contribution in [3.63, 3.8) is 0 Å². The van der Waals surface area contributed by atoms with Gasteiger partial charge in [0.2, 0.25) is 6.08 Å². The molecule has 0 aromatic carbocycles. The Hall–Kier alpha value is -0.880. The van der Waals surface area contributed by atoms with Crippen LogP contribution in [0, 0.1) is 0 Å². The van der Waals surface area contributed by atoms with Crippen LogP contribution in [0.25, 0.3) is 0 Å². The van der Waals surface area contributed by atoms with Crippen LogP contribution in [0.4, 0.5) is 0 Å². The van der Waals surface area contributed by atoms with Gasteiger partial charge in [-0.25, -0.2) is 9.79 Å². The fraction of sp³-hybridized carbons (Fsp3) is 0.571. The van der Waals surface area contributed by atoms with Gasteiger partial charge in [0.1, 0.15) is 0 Å². The lowest BCUT2D eigenvalue weighted by molar-refractivity contribution is 0.564. The minimum Gasteiger partial charge on any atom is -0.211 e. The first-order valence-electron chi connectivity index (χ1n) is 3.10. The largest absolute Gasteiger partial charge is 0.235 e. The second-order valence-electron chi connectivity index (χ2n) is 1.69. The van der Waals surface area contributed by atoms with Crippen LogP contribution < -0.4 is 0 Å². The maximum Gasteiger partial charge on any atom is 0.235 e. The van der Waals surface area contributed by atoms with Crippen LogP contribution in [-0.2, 0) is 4.79 Å². The second-order valence-corrected chi connectivity index (χ2v) is 1.69. The molecule has 0 aliphatic heterocycles. The Labute approximate surface area is 55.3 Å². The average molecular weight is 125 g/mol. The Bertz CT molecular complexity index is 123. The fourth-order valence-corrected chi connectivity index (χ4v) is 0.449. The van der Waals surface area contributed by atoms with E-state index in [2.05, 4.69) is 11.9 Å². The van der Waals surface area contributed by atoms with E-state index in [1.54, 1.807) is 0 Å². The van der Waals surface area contributed by atoms with Gasteiger partial charge < -0.3 is 0 Å². The van der Waals surface area contributed by atoms with Crippen molar-refractivity contribution in [2.75, 3.05) is 6.54 Å². The molecule has 9 heavy (non-hydrogen) atoms. The number of allylic oxidation sites excluding steroid dienone is 1. The van der Waals surface area contributed by atoms with Gasteiger partial charge in [0, 0.05) is 0 Å². The second kappa shape index (κ2) is 7.12. The molecule has 0 saturated heterocycles. The van der Waals surface area contributed by atoms with Gasteiger partial charge in [0.15, 0.2) is 0 Å². The number of rotatable bonds is 4. The van der Waals surface area contributed by atoms with E-state index in [4.69, 9.17) is 0 Å². The summed E-state index contributed by atoms with van der Waals surface area (Å²) in [7, 11) is 0. The number of carbonyl (C=O) groups excluding carboxylic acids is 1. The molecule has 2 nitrogen and oxygen atoms in total. The van der Waals surface area contributed by atoms with E-state index in [9.17, 15) is 4.79 Å². The minimum atomic E-state index is 0.476. The van der Waals surface area contributed by atoms with Crippen molar-refractivity contribution in [3.05, 3.63) is 12.2 Å². The highest BCUT2D eigenvalue weighted by molar-refractivity contribution is 5.33. The molecule has 0 bridgehead atoms. The molecule has 2 heteroatoms. The molecule has 0 fully saturated rings. The van der Waals surface area contributed by atoms with Crippen LogP contribution in [-0.4, -0.2) is 12.6 Å². The predicted octanol–water partition coefficient (Wildman–Crippen LogP) is 1.68. The van der Waals surface area contributed by atoms with Crippen LogP contribution >= 0.6 is 0 Å². The summed E-state index contributed by atoms with van der Waals surface area (Å²) in [5, 5.41) is 0. The van der Waals surface area contributed by atoms with E-state index in [-0.39, 0.29) is 0 Å². The molecule has 0 rings (SSSR count). The molecule has 0 atom stereocenters. The van der Waals surface area contributed by atoms with Crippen LogP contribution in [0.3, 0.4) is 0 Å². The van der Waals surface area contributed by atoms with Crippen molar-refractivity contribution in [2.24, 2.45) is 4.99 Å². The maximum absolute atomic E-state index is 9.51. The number of aliphatic imine (C=N–C) groups is 1. The van der Waals surface area contributed by atoms with Gasteiger partial charge in [0.05, 0.1) is 6.54 Å². The third-order valence-electron chi connectivity index (χ3n) is 0.883. The number of hydrogen-bond donors (Lipinski definition) is 0. The quantitative estimate of drug-likeness (QED) is 0.319. The third kappa shape index (κ3) is 7.12. The summed E-state index contributed by atoms with van der Waals surface area (Å²) in [6, 6.07) is 0. The van der Waals surface area contributed by atoms with Crippen LogP contribution in [0.1, 0.15) is 19.8 Å². The Balaban J connectivity index is 3.14. The van der Waals surface area contributed by atoms with E-state index in [1.165, 1.54) is 6.08 Å². The van der Waals surface area contributed by atoms with Crippen LogP contribution in [0.15, 0.2) is 17.1 Å². The van der Waals surface area contributed by atoms with Gasteiger partial charge in [-0.1, -0.05) is 25.5 Å². The molecular weight excluding hydrogens is 114 g/mol. The van der Waals surface area contributed by atoms with Crippen molar-refractivity contribution in [1.82, 2.24) is 0 Å². The number of hydrogen-bond acceptors (Lipinski definition) is 2. The zero-order valence-corrected chi connectivity index (χ0v) is 5.63. The topological polar surface area (TPSA) is 29.4 Å². The molecule has 50 valence electrons. The lowest BCUT2D eigenvalue weighted by Gasteiger charge is -1.80. The number of nitrogens with zero attached hydrogens (tertiary/aromatic N) is 1. The first-order chi connectivity index (χ1) is 4.41. The Kier molecular flexibility index (Phi) is 6.42. The van der Waals surface area contributed by atoms with E-state index in [0.29, 0.717) is 6.54 Å². The molecule has 0 aromatic rings. The highest BCUT2D eigenvalue weighted by Crippen LogP contribution is 1.87. The third-order valence-corrected chi connectivity index (χ3v) is 0.883. The molecule has 0 aromatic heterocycles. The zero-order chi connectivity index (χ0) is 6.95. The summed E-state index contributed by atoms with van der Waals surface area (Å²) in [6.45, 7) is 2.58. The number of unbranched alkanes of at least 4 members (excludes halogenated alkanes) is 1. The lowest BCUT2D eigenvalue weighted by atomic mass is 10.3. The highest BCUT2D eigenvalue weighted by atomic mass is 16.1. The van der Waals surface area contributed by atoms with Crippen molar-refractivity contribution < 1.29 is 4.79 Å². The lowest BCUT2D eigenvalue weighted by Crippen LogP contribution is -1.69. The van der Waals surface area contributed by atoms with Gasteiger partial charge >= 0.3 is 0 Å². The van der Waals surface area contributed by atoms with Gasteiger partial charge in [-0.2, -0.15) is 0 Å². The molecule has 0 unspecified atom stereocenters. The first-order valence-corrected chi connectivity index (χ1v) is 3.10. The molecule has 0 radical (unpaired) electrons. The molecular formula is C7H11NO. The molecule has 0 saturated carbocycles.